The van der Waals surface area contributed by atoms with E-state index in [0.29, 0.717) is 5.13 Å². The number of alkyl halides is 1. The fraction of sp³-hybridized carbons (Fsp3) is 0.250. The topological polar surface area (TPSA) is 97.7 Å². The van der Waals surface area contributed by atoms with Gasteiger partial charge in [-0.1, -0.05) is 17.4 Å². The molecule has 9 heteroatoms. The van der Waals surface area contributed by atoms with Crippen molar-refractivity contribution in [2.45, 2.75) is 12.1 Å². The van der Waals surface area contributed by atoms with E-state index in [1.165, 1.54) is 16.2 Å². The lowest BCUT2D eigenvalue weighted by Crippen LogP contribution is -2.40. The van der Waals surface area contributed by atoms with E-state index in [0.717, 1.165) is 21.3 Å². The van der Waals surface area contributed by atoms with Crippen LogP contribution in [-0.2, 0) is 4.79 Å². The third kappa shape index (κ3) is 2.81. The van der Waals surface area contributed by atoms with Crippen LogP contribution < -0.4 is 5.32 Å². The summed E-state index contributed by atoms with van der Waals surface area (Å²) >= 11 is 1.28. The fourth-order valence-electron chi connectivity index (χ4n) is 2.82. The Morgan fingerprint density at radius 2 is 2.36 bits per heavy atom. The zero-order valence-electron chi connectivity index (χ0n) is 13.0. The van der Waals surface area contributed by atoms with Crippen molar-refractivity contribution in [1.29, 1.82) is 5.26 Å². The van der Waals surface area contributed by atoms with Crippen LogP contribution in [0.25, 0.3) is 21.3 Å². The number of fused-ring (bicyclic) bond motifs is 1. The molecule has 1 fully saturated rings. The number of carbonyl (C=O) groups is 1. The van der Waals surface area contributed by atoms with E-state index in [4.69, 9.17) is 5.26 Å². The summed E-state index contributed by atoms with van der Waals surface area (Å²) in [5.74, 6) is -0.751. The largest absolute Gasteiger partial charge is 0.307 e. The molecular formula is C16H13FN6OS. The quantitative estimate of drug-likeness (QED) is 0.703. The van der Waals surface area contributed by atoms with E-state index >= 15 is 0 Å². The minimum Gasteiger partial charge on any atom is -0.307 e. The van der Waals surface area contributed by atoms with E-state index in [1.807, 2.05) is 24.4 Å². The summed E-state index contributed by atoms with van der Waals surface area (Å²) in [5.41, 5.74) is 0.595. The third-order valence-corrected chi connectivity index (χ3v) is 5.14. The lowest BCUT2D eigenvalue weighted by molar-refractivity contribution is -0.126. The van der Waals surface area contributed by atoms with Crippen LogP contribution in [0.3, 0.4) is 0 Å². The van der Waals surface area contributed by atoms with Gasteiger partial charge in [0.1, 0.15) is 0 Å². The summed E-state index contributed by atoms with van der Waals surface area (Å²) in [6.45, 7) is 0.0270. The van der Waals surface area contributed by atoms with Crippen molar-refractivity contribution < 1.29 is 9.18 Å². The van der Waals surface area contributed by atoms with Crippen molar-refractivity contribution in [2.75, 3.05) is 18.4 Å². The predicted molar refractivity (Wildman–Crippen MR) is 91.5 cm³/mol. The molecule has 3 heterocycles. The molecular weight excluding hydrogens is 343 g/mol. The van der Waals surface area contributed by atoms with Crippen LogP contribution in [0.1, 0.15) is 6.42 Å². The molecule has 25 heavy (non-hydrogen) atoms. The fourth-order valence-corrected chi connectivity index (χ4v) is 3.72. The van der Waals surface area contributed by atoms with Gasteiger partial charge in [0.05, 0.1) is 23.0 Å². The Hall–Kier alpha value is -2.99. The number of carbonyl (C=O) groups excluding carboxylic acids is 1. The zero-order chi connectivity index (χ0) is 17.4. The van der Waals surface area contributed by atoms with Crippen molar-refractivity contribution in [2.24, 2.45) is 0 Å². The van der Waals surface area contributed by atoms with Gasteiger partial charge in [0, 0.05) is 24.7 Å². The number of halogens is 1. The summed E-state index contributed by atoms with van der Waals surface area (Å²) in [5, 5.41) is 18.4. The Kier molecular flexibility index (Phi) is 3.62. The van der Waals surface area contributed by atoms with Gasteiger partial charge < -0.3 is 4.90 Å². The average Bonchev–Trinajstić information content (AvgIpc) is 3.33. The molecule has 2 aromatic heterocycles. The normalized spacial score (nSPS) is 19.9. The second-order valence-electron chi connectivity index (χ2n) is 5.88. The predicted octanol–water partition coefficient (Wildman–Crippen LogP) is 2.52. The molecule has 0 spiro atoms. The number of aromatic amines is 1. The standard InChI is InChI=1S/C16H13FN6OS/c17-16(3-4-23(8-16)9-18)14(24)22-15-21-12-2-1-10(5-13(12)25-15)11-6-19-20-7-11/h1-2,5-7H,3-4,8H2,(H,19,20)(H,21,22,24). The van der Waals surface area contributed by atoms with Gasteiger partial charge in [0.25, 0.3) is 5.91 Å². The maximum atomic E-state index is 14.7. The second kappa shape index (κ2) is 5.82. The molecule has 4 rings (SSSR count). The van der Waals surface area contributed by atoms with E-state index in [-0.39, 0.29) is 19.5 Å². The number of rotatable bonds is 3. The Balaban J connectivity index is 1.56. The molecule has 2 N–H and O–H groups in total. The van der Waals surface area contributed by atoms with Crippen molar-refractivity contribution in [1.82, 2.24) is 20.1 Å². The van der Waals surface area contributed by atoms with Crippen LogP contribution in [0.15, 0.2) is 30.6 Å². The molecule has 126 valence electrons. The lowest BCUT2D eigenvalue weighted by atomic mass is 10.1. The van der Waals surface area contributed by atoms with Gasteiger partial charge in [0.15, 0.2) is 11.3 Å². The van der Waals surface area contributed by atoms with Gasteiger partial charge in [-0.15, -0.1) is 0 Å². The first-order valence-electron chi connectivity index (χ1n) is 7.62. The van der Waals surface area contributed by atoms with Gasteiger partial charge in [-0.05, 0) is 17.7 Å². The minimum absolute atomic E-state index is 0.00191. The Morgan fingerprint density at radius 1 is 1.48 bits per heavy atom. The van der Waals surface area contributed by atoms with Crippen molar-refractivity contribution in [3.8, 4) is 17.3 Å². The summed E-state index contributed by atoms with van der Waals surface area (Å²) < 4.78 is 15.6. The number of nitrogens with zero attached hydrogens (tertiary/aromatic N) is 4. The zero-order valence-corrected chi connectivity index (χ0v) is 13.8. The van der Waals surface area contributed by atoms with Crippen molar-refractivity contribution in [3.63, 3.8) is 0 Å². The van der Waals surface area contributed by atoms with Crippen molar-refractivity contribution in [3.05, 3.63) is 30.6 Å². The first kappa shape index (κ1) is 15.5. The van der Waals surface area contributed by atoms with Crippen molar-refractivity contribution >= 4 is 32.6 Å². The van der Waals surface area contributed by atoms with E-state index in [1.54, 1.807) is 12.4 Å². The molecule has 1 atom stereocenters. The second-order valence-corrected chi connectivity index (χ2v) is 6.91. The number of hydrogen-bond acceptors (Lipinski definition) is 6. The average molecular weight is 356 g/mol. The third-order valence-electron chi connectivity index (χ3n) is 4.21. The first-order valence-corrected chi connectivity index (χ1v) is 8.44. The number of amides is 1. The molecule has 1 unspecified atom stereocenters. The highest BCUT2D eigenvalue weighted by Crippen LogP contribution is 2.32. The molecule has 0 radical (unpaired) electrons. The number of anilines is 1. The van der Waals surface area contributed by atoms with Crippen LogP contribution in [0, 0.1) is 11.5 Å². The van der Waals surface area contributed by atoms with Crippen LogP contribution in [0.4, 0.5) is 9.52 Å². The van der Waals surface area contributed by atoms with Gasteiger partial charge in [-0.25, -0.2) is 9.37 Å². The number of hydrogen-bond donors (Lipinski definition) is 2. The van der Waals surface area contributed by atoms with Gasteiger partial charge in [0.2, 0.25) is 5.67 Å². The van der Waals surface area contributed by atoms with Crippen LogP contribution >= 0.6 is 11.3 Å². The summed E-state index contributed by atoms with van der Waals surface area (Å²) in [7, 11) is 0. The summed E-state index contributed by atoms with van der Waals surface area (Å²) in [4.78, 5) is 17.8. The highest BCUT2D eigenvalue weighted by molar-refractivity contribution is 7.22. The molecule has 7 nitrogen and oxygen atoms in total. The number of nitrogens with one attached hydrogen (secondary N) is 2. The maximum absolute atomic E-state index is 14.7. The van der Waals surface area contributed by atoms with Gasteiger partial charge >= 0.3 is 0 Å². The maximum Gasteiger partial charge on any atom is 0.265 e. The smallest absolute Gasteiger partial charge is 0.265 e. The molecule has 1 amide bonds. The SMILES string of the molecule is N#CN1CCC(F)(C(=O)Nc2nc3ccc(-c4cn[nH]c4)cc3s2)C1. The molecule has 1 aliphatic rings. The number of aromatic nitrogens is 3. The number of H-pyrrole nitrogens is 1. The van der Waals surface area contributed by atoms with Gasteiger partial charge in [-0.2, -0.15) is 10.4 Å². The molecule has 0 aliphatic carbocycles. The highest BCUT2D eigenvalue weighted by atomic mass is 32.1. The first-order chi connectivity index (χ1) is 12.1. The Labute approximate surface area is 146 Å². The van der Waals surface area contributed by atoms with Crippen LogP contribution in [-0.4, -0.2) is 44.7 Å². The molecule has 0 saturated carbocycles. The Bertz CT molecular complexity index is 978. The molecule has 1 saturated heterocycles. The van der Waals surface area contributed by atoms with E-state index in [9.17, 15) is 9.18 Å². The molecule has 0 bridgehead atoms. The number of nitriles is 1. The van der Waals surface area contributed by atoms with Crippen LogP contribution in [0.2, 0.25) is 0 Å². The molecule has 1 aliphatic heterocycles. The number of likely N-dealkylation sites (tertiary alicyclic amines) is 1. The lowest BCUT2D eigenvalue weighted by Gasteiger charge is -2.16. The highest BCUT2D eigenvalue weighted by Gasteiger charge is 2.45. The number of thiazole rings is 1. The van der Waals surface area contributed by atoms with Crippen LogP contribution in [0.5, 0.6) is 0 Å². The van der Waals surface area contributed by atoms with E-state index in [2.05, 4.69) is 20.5 Å². The summed E-state index contributed by atoms with van der Waals surface area (Å²) in [6.07, 6.45) is 5.38. The van der Waals surface area contributed by atoms with Gasteiger partial charge in [-0.3, -0.25) is 15.2 Å². The number of benzene rings is 1. The Morgan fingerprint density at radius 3 is 3.08 bits per heavy atom. The summed E-state index contributed by atoms with van der Waals surface area (Å²) in [6, 6.07) is 5.71. The molecule has 3 aromatic rings. The van der Waals surface area contributed by atoms with E-state index < -0.39 is 11.6 Å². The minimum atomic E-state index is -2.06. The molecule has 1 aromatic carbocycles. The monoisotopic (exact) mass is 356 g/mol.